The van der Waals surface area contributed by atoms with Crippen molar-refractivity contribution in [2.75, 3.05) is 19.7 Å². The number of carbonyl (C=O) groups is 2. The Hall–Kier alpha value is -2.67. The summed E-state index contributed by atoms with van der Waals surface area (Å²) < 4.78 is 7.86. The fourth-order valence-corrected chi connectivity index (χ4v) is 4.74. The van der Waals surface area contributed by atoms with Crippen LogP contribution in [0.4, 0.5) is 0 Å². The molecule has 0 spiro atoms. The number of amides is 2. The molecule has 5 rings (SSSR count). The molecule has 1 aliphatic carbocycles. The van der Waals surface area contributed by atoms with Crippen LogP contribution in [0.25, 0.3) is 0 Å². The van der Waals surface area contributed by atoms with Gasteiger partial charge in [0.05, 0.1) is 24.8 Å². The molecule has 7 heteroatoms. The highest BCUT2D eigenvalue weighted by Gasteiger charge is 2.34. The fraction of sp³-hybridized carbons (Fsp3) is 0.560. The first-order valence-electron chi connectivity index (χ1n) is 11.8. The van der Waals surface area contributed by atoms with Gasteiger partial charge in [-0.15, -0.1) is 0 Å². The summed E-state index contributed by atoms with van der Waals surface area (Å²) >= 11 is 0. The monoisotopic (exact) mass is 436 g/mol. The molecule has 170 valence electrons. The number of fused-ring (bicyclic) bond motifs is 1. The Kier molecular flexibility index (Phi) is 6.00. The molecule has 1 atom stereocenters. The minimum absolute atomic E-state index is 0.0349. The Morgan fingerprint density at radius 1 is 1.25 bits per heavy atom. The molecule has 2 aliphatic heterocycles. The second kappa shape index (κ2) is 9.06. The zero-order chi connectivity index (χ0) is 22.1. The van der Waals surface area contributed by atoms with Gasteiger partial charge in [0.1, 0.15) is 0 Å². The van der Waals surface area contributed by atoms with Crippen molar-refractivity contribution in [1.82, 2.24) is 20.0 Å². The molecule has 1 N–H and O–H groups in total. The first-order valence-corrected chi connectivity index (χ1v) is 11.8. The van der Waals surface area contributed by atoms with Crippen LogP contribution in [0, 0.1) is 18.8 Å². The van der Waals surface area contributed by atoms with Gasteiger partial charge in [-0.05, 0) is 31.2 Å². The molecule has 1 aromatic carbocycles. The van der Waals surface area contributed by atoms with E-state index in [1.165, 1.54) is 29.7 Å². The minimum Gasteiger partial charge on any atom is -0.376 e. The maximum Gasteiger partial charge on any atom is 0.225 e. The van der Waals surface area contributed by atoms with Gasteiger partial charge in [0.25, 0.3) is 0 Å². The summed E-state index contributed by atoms with van der Waals surface area (Å²) in [7, 11) is 0. The smallest absolute Gasteiger partial charge is 0.225 e. The molecule has 1 saturated heterocycles. The summed E-state index contributed by atoms with van der Waals surface area (Å²) in [6.45, 7) is 6.02. The number of hydrogen-bond acceptors (Lipinski definition) is 4. The maximum atomic E-state index is 12.7. The third-order valence-electron chi connectivity index (χ3n) is 6.85. The van der Waals surface area contributed by atoms with Crippen molar-refractivity contribution >= 4 is 11.8 Å². The molecule has 2 fully saturated rings. The number of likely N-dealkylation sites (tertiary alicyclic amines) is 1. The standard InChI is InChI=1S/C25H32N4O3/c1-17-2-4-18(5-3-17)13-28-15-20(12-24(28)30)25(31)26-10-8-22-21-16-32-11-9-23(21)29(27-22)14-19-6-7-19/h2-5,19-20H,6-16H2,1H3,(H,26,31). The molecule has 3 aliphatic rings. The van der Waals surface area contributed by atoms with E-state index in [1.54, 1.807) is 4.90 Å². The number of aryl methyl sites for hydroxylation is 1. The Bertz CT molecular complexity index is 993. The van der Waals surface area contributed by atoms with E-state index < -0.39 is 0 Å². The average Bonchev–Trinajstić information content (AvgIpc) is 3.45. The van der Waals surface area contributed by atoms with Crippen LogP contribution in [0.15, 0.2) is 24.3 Å². The van der Waals surface area contributed by atoms with Crippen molar-refractivity contribution < 1.29 is 14.3 Å². The summed E-state index contributed by atoms with van der Waals surface area (Å²) in [6, 6.07) is 8.19. The molecule has 1 saturated carbocycles. The lowest BCUT2D eigenvalue weighted by molar-refractivity contribution is -0.129. The van der Waals surface area contributed by atoms with E-state index in [1.807, 2.05) is 19.1 Å². The predicted octanol–water partition coefficient (Wildman–Crippen LogP) is 2.38. The Morgan fingerprint density at radius 2 is 2.06 bits per heavy atom. The lowest BCUT2D eigenvalue weighted by atomic mass is 10.1. The fourth-order valence-electron chi connectivity index (χ4n) is 4.74. The lowest BCUT2D eigenvalue weighted by Crippen LogP contribution is -2.34. The summed E-state index contributed by atoms with van der Waals surface area (Å²) in [5.41, 5.74) is 5.87. The van der Waals surface area contributed by atoms with Gasteiger partial charge in [-0.2, -0.15) is 5.10 Å². The Labute approximate surface area is 189 Å². The van der Waals surface area contributed by atoms with E-state index in [-0.39, 0.29) is 24.2 Å². The third-order valence-corrected chi connectivity index (χ3v) is 6.85. The van der Waals surface area contributed by atoms with Crippen LogP contribution in [0.3, 0.4) is 0 Å². The van der Waals surface area contributed by atoms with Crippen LogP contribution >= 0.6 is 0 Å². The van der Waals surface area contributed by atoms with Crippen molar-refractivity contribution in [1.29, 1.82) is 0 Å². The number of ether oxygens (including phenoxy) is 1. The van der Waals surface area contributed by atoms with Gasteiger partial charge in [0.2, 0.25) is 11.8 Å². The molecular formula is C25H32N4O3. The SMILES string of the molecule is Cc1ccc(CN2CC(C(=O)NCCc3nn(CC4CC4)c4c3COCC4)CC2=O)cc1. The third kappa shape index (κ3) is 4.72. The van der Waals surface area contributed by atoms with Crippen molar-refractivity contribution in [2.45, 2.75) is 58.7 Å². The predicted molar refractivity (Wildman–Crippen MR) is 120 cm³/mol. The van der Waals surface area contributed by atoms with Crippen LogP contribution in [0.5, 0.6) is 0 Å². The molecule has 3 heterocycles. The first kappa shape index (κ1) is 21.2. The topological polar surface area (TPSA) is 76.5 Å². The van der Waals surface area contributed by atoms with Gasteiger partial charge >= 0.3 is 0 Å². The number of carbonyl (C=O) groups excluding carboxylic acids is 2. The minimum atomic E-state index is -0.280. The van der Waals surface area contributed by atoms with Crippen molar-refractivity contribution in [3.8, 4) is 0 Å². The normalized spacial score (nSPS) is 20.5. The highest BCUT2D eigenvalue weighted by Crippen LogP contribution is 2.32. The van der Waals surface area contributed by atoms with Crippen LogP contribution in [0.1, 0.15) is 47.3 Å². The van der Waals surface area contributed by atoms with Gasteiger partial charge in [0.15, 0.2) is 0 Å². The average molecular weight is 437 g/mol. The van der Waals surface area contributed by atoms with Crippen LogP contribution in [-0.4, -0.2) is 46.2 Å². The van der Waals surface area contributed by atoms with E-state index in [0.29, 0.717) is 32.7 Å². The molecule has 32 heavy (non-hydrogen) atoms. The van der Waals surface area contributed by atoms with E-state index in [9.17, 15) is 9.59 Å². The van der Waals surface area contributed by atoms with E-state index >= 15 is 0 Å². The van der Waals surface area contributed by atoms with Crippen LogP contribution in [0.2, 0.25) is 0 Å². The Balaban J connectivity index is 1.14. The first-order chi connectivity index (χ1) is 15.6. The highest BCUT2D eigenvalue weighted by molar-refractivity contribution is 5.89. The summed E-state index contributed by atoms with van der Waals surface area (Å²) in [4.78, 5) is 27.0. The quantitative estimate of drug-likeness (QED) is 0.689. The van der Waals surface area contributed by atoms with Crippen molar-refractivity contribution in [3.63, 3.8) is 0 Å². The largest absolute Gasteiger partial charge is 0.376 e. The zero-order valence-electron chi connectivity index (χ0n) is 18.8. The summed E-state index contributed by atoms with van der Waals surface area (Å²) in [5, 5.41) is 7.91. The van der Waals surface area contributed by atoms with E-state index in [4.69, 9.17) is 9.84 Å². The van der Waals surface area contributed by atoms with Crippen molar-refractivity contribution in [2.24, 2.45) is 11.8 Å². The number of rotatable bonds is 8. The zero-order valence-corrected chi connectivity index (χ0v) is 18.8. The van der Waals surface area contributed by atoms with Crippen LogP contribution in [-0.2, 0) is 46.9 Å². The van der Waals surface area contributed by atoms with Crippen molar-refractivity contribution in [3.05, 3.63) is 52.3 Å². The molecule has 0 radical (unpaired) electrons. The molecule has 0 bridgehead atoms. The number of nitrogens with one attached hydrogen (secondary N) is 1. The van der Waals surface area contributed by atoms with E-state index in [0.717, 1.165) is 36.7 Å². The number of hydrogen-bond donors (Lipinski definition) is 1. The van der Waals surface area contributed by atoms with Gasteiger partial charge in [-0.3, -0.25) is 14.3 Å². The van der Waals surface area contributed by atoms with Crippen LogP contribution < -0.4 is 5.32 Å². The molecule has 1 aromatic heterocycles. The maximum absolute atomic E-state index is 12.7. The lowest BCUT2D eigenvalue weighted by Gasteiger charge is -2.17. The second-order valence-corrected chi connectivity index (χ2v) is 9.50. The summed E-state index contributed by atoms with van der Waals surface area (Å²) in [6.07, 6.45) is 4.51. The second-order valence-electron chi connectivity index (χ2n) is 9.50. The highest BCUT2D eigenvalue weighted by atomic mass is 16.5. The summed E-state index contributed by atoms with van der Waals surface area (Å²) in [5.74, 6) is 0.512. The molecule has 1 unspecified atom stereocenters. The van der Waals surface area contributed by atoms with E-state index in [2.05, 4.69) is 22.1 Å². The van der Waals surface area contributed by atoms with Gasteiger partial charge in [0, 0.05) is 56.7 Å². The molecule has 2 aromatic rings. The van der Waals surface area contributed by atoms with Gasteiger partial charge in [-0.1, -0.05) is 29.8 Å². The van der Waals surface area contributed by atoms with Gasteiger partial charge < -0.3 is 15.0 Å². The molecule has 7 nitrogen and oxygen atoms in total. The number of aromatic nitrogens is 2. The number of nitrogens with zero attached hydrogens (tertiary/aromatic N) is 3. The Morgan fingerprint density at radius 3 is 2.84 bits per heavy atom. The van der Waals surface area contributed by atoms with Gasteiger partial charge in [-0.25, -0.2) is 0 Å². The molecule has 2 amide bonds. The molecular weight excluding hydrogens is 404 g/mol. The number of benzene rings is 1.